The van der Waals surface area contributed by atoms with Crippen molar-refractivity contribution in [1.29, 1.82) is 0 Å². The number of rotatable bonds is 5. The molecule has 0 unspecified atom stereocenters. The standard InChI is InChI=1S/C16H20N4O2S/c1-12-19-13(11-23-12)4-6-18-16(21)14-3-2-5-17-15(14)20-7-9-22-10-8-20/h2-3,5,11H,4,6-10H2,1H3,(H,18,21). The van der Waals surface area contributed by atoms with Crippen LogP contribution in [0.4, 0.5) is 5.82 Å². The molecule has 6 nitrogen and oxygen atoms in total. The molecule has 2 aromatic rings. The highest BCUT2D eigenvalue weighted by Gasteiger charge is 2.19. The fourth-order valence-electron chi connectivity index (χ4n) is 2.52. The first-order valence-corrected chi connectivity index (χ1v) is 8.59. The Balaban J connectivity index is 1.62. The zero-order valence-electron chi connectivity index (χ0n) is 13.1. The van der Waals surface area contributed by atoms with Crippen LogP contribution in [0.3, 0.4) is 0 Å². The smallest absolute Gasteiger partial charge is 0.255 e. The number of amides is 1. The van der Waals surface area contributed by atoms with Crippen LogP contribution in [0.25, 0.3) is 0 Å². The van der Waals surface area contributed by atoms with Crippen molar-refractivity contribution in [3.8, 4) is 0 Å². The zero-order chi connectivity index (χ0) is 16.1. The normalized spacial score (nSPS) is 14.7. The second-order valence-corrected chi connectivity index (χ2v) is 6.40. The number of hydrogen-bond donors (Lipinski definition) is 1. The largest absolute Gasteiger partial charge is 0.378 e. The highest BCUT2D eigenvalue weighted by atomic mass is 32.1. The Bertz CT molecular complexity index is 668. The van der Waals surface area contributed by atoms with Gasteiger partial charge in [0.15, 0.2) is 0 Å². The van der Waals surface area contributed by atoms with Gasteiger partial charge in [-0.3, -0.25) is 4.79 Å². The summed E-state index contributed by atoms with van der Waals surface area (Å²) in [5.74, 6) is 0.643. The van der Waals surface area contributed by atoms with E-state index in [4.69, 9.17) is 4.74 Å². The minimum Gasteiger partial charge on any atom is -0.378 e. The lowest BCUT2D eigenvalue weighted by Gasteiger charge is -2.29. The molecule has 0 aromatic carbocycles. The number of morpholine rings is 1. The number of thiazole rings is 1. The van der Waals surface area contributed by atoms with Crippen molar-refractivity contribution in [2.24, 2.45) is 0 Å². The lowest BCUT2D eigenvalue weighted by Crippen LogP contribution is -2.38. The number of aryl methyl sites for hydroxylation is 1. The lowest BCUT2D eigenvalue weighted by atomic mass is 10.2. The van der Waals surface area contributed by atoms with Crippen molar-refractivity contribution in [3.05, 3.63) is 40.0 Å². The van der Waals surface area contributed by atoms with E-state index in [2.05, 4.69) is 20.2 Å². The third-order valence-corrected chi connectivity index (χ3v) is 4.50. The van der Waals surface area contributed by atoms with E-state index in [0.29, 0.717) is 25.3 Å². The quantitative estimate of drug-likeness (QED) is 0.902. The summed E-state index contributed by atoms with van der Waals surface area (Å²) in [4.78, 5) is 23.4. The summed E-state index contributed by atoms with van der Waals surface area (Å²) in [5, 5.41) is 6.05. The molecule has 0 saturated carbocycles. The van der Waals surface area contributed by atoms with E-state index in [9.17, 15) is 4.79 Å². The number of ether oxygens (including phenoxy) is 1. The lowest BCUT2D eigenvalue weighted by molar-refractivity contribution is 0.0952. The van der Waals surface area contributed by atoms with E-state index in [-0.39, 0.29) is 5.91 Å². The van der Waals surface area contributed by atoms with Gasteiger partial charge in [0.2, 0.25) is 0 Å². The number of hydrogen-bond acceptors (Lipinski definition) is 6. The van der Waals surface area contributed by atoms with Gasteiger partial charge < -0.3 is 15.0 Å². The van der Waals surface area contributed by atoms with Crippen LogP contribution in [-0.4, -0.2) is 48.7 Å². The highest BCUT2D eigenvalue weighted by Crippen LogP contribution is 2.18. The summed E-state index contributed by atoms with van der Waals surface area (Å²) in [6, 6.07) is 3.61. The SMILES string of the molecule is Cc1nc(CCNC(=O)c2cccnc2N2CCOCC2)cs1. The number of carbonyl (C=O) groups excluding carboxylic acids is 1. The van der Waals surface area contributed by atoms with E-state index in [0.717, 1.165) is 36.0 Å². The van der Waals surface area contributed by atoms with Crippen LogP contribution in [0.5, 0.6) is 0 Å². The van der Waals surface area contributed by atoms with Gasteiger partial charge in [-0.25, -0.2) is 9.97 Å². The highest BCUT2D eigenvalue weighted by molar-refractivity contribution is 7.09. The minimum absolute atomic E-state index is 0.0912. The van der Waals surface area contributed by atoms with E-state index in [1.165, 1.54) is 0 Å². The first-order valence-electron chi connectivity index (χ1n) is 7.71. The van der Waals surface area contributed by atoms with Crippen LogP contribution in [0, 0.1) is 6.92 Å². The van der Waals surface area contributed by atoms with Gasteiger partial charge in [-0.1, -0.05) is 0 Å². The molecule has 1 N–H and O–H groups in total. The van der Waals surface area contributed by atoms with Crippen molar-refractivity contribution in [3.63, 3.8) is 0 Å². The molecule has 0 radical (unpaired) electrons. The summed E-state index contributed by atoms with van der Waals surface area (Å²) in [6.45, 7) is 5.41. The number of aromatic nitrogens is 2. The molecule has 3 heterocycles. The number of pyridine rings is 1. The molecule has 2 aromatic heterocycles. The maximum atomic E-state index is 12.5. The predicted molar refractivity (Wildman–Crippen MR) is 90.2 cm³/mol. The topological polar surface area (TPSA) is 67.4 Å². The summed E-state index contributed by atoms with van der Waals surface area (Å²) in [5.41, 5.74) is 1.64. The Kier molecular flexibility index (Phi) is 5.19. The third kappa shape index (κ3) is 4.05. The van der Waals surface area contributed by atoms with Crippen molar-refractivity contribution < 1.29 is 9.53 Å². The van der Waals surface area contributed by atoms with E-state index >= 15 is 0 Å². The molecule has 1 amide bonds. The molecular formula is C16H20N4O2S. The van der Waals surface area contributed by atoms with Gasteiger partial charge >= 0.3 is 0 Å². The monoisotopic (exact) mass is 332 g/mol. The number of carbonyl (C=O) groups is 1. The van der Waals surface area contributed by atoms with Gasteiger partial charge in [0, 0.05) is 37.6 Å². The Morgan fingerprint density at radius 2 is 2.26 bits per heavy atom. The first kappa shape index (κ1) is 15.9. The molecule has 122 valence electrons. The summed E-state index contributed by atoms with van der Waals surface area (Å²) < 4.78 is 5.36. The molecule has 3 rings (SSSR count). The van der Waals surface area contributed by atoms with Crippen LogP contribution in [0.2, 0.25) is 0 Å². The molecule has 1 saturated heterocycles. The van der Waals surface area contributed by atoms with Crippen LogP contribution in [0.1, 0.15) is 21.1 Å². The second-order valence-electron chi connectivity index (χ2n) is 5.34. The average Bonchev–Trinajstić information content (AvgIpc) is 3.01. The van der Waals surface area contributed by atoms with Crippen molar-refractivity contribution >= 4 is 23.1 Å². The average molecular weight is 332 g/mol. The maximum absolute atomic E-state index is 12.5. The van der Waals surface area contributed by atoms with Gasteiger partial charge in [-0.05, 0) is 19.1 Å². The molecule has 23 heavy (non-hydrogen) atoms. The molecular weight excluding hydrogens is 312 g/mol. The fraction of sp³-hybridized carbons (Fsp3) is 0.438. The van der Waals surface area contributed by atoms with E-state index in [1.54, 1.807) is 23.6 Å². The Labute approximate surface area is 139 Å². The Morgan fingerprint density at radius 3 is 3.00 bits per heavy atom. The van der Waals surface area contributed by atoms with Crippen LogP contribution < -0.4 is 10.2 Å². The van der Waals surface area contributed by atoms with Crippen LogP contribution in [-0.2, 0) is 11.2 Å². The number of anilines is 1. The van der Waals surface area contributed by atoms with Gasteiger partial charge in [-0.15, -0.1) is 11.3 Å². The van der Waals surface area contributed by atoms with Crippen LogP contribution >= 0.6 is 11.3 Å². The Morgan fingerprint density at radius 1 is 1.43 bits per heavy atom. The van der Waals surface area contributed by atoms with Crippen molar-refractivity contribution in [2.75, 3.05) is 37.7 Å². The van der Waals surface area contributed by atoms with Crippen LogP contribution in [0.15, 0.2) is 23.7 Å². The molecule has 0 bridgehead atoms. The Hall–Kier alpha value is -1.99. The summed E-state index contributed by atoms with van der Waals surface area (Å²) in [6.07, 6.45) is 2.46. The molecule has 1 aliphatic heterocycles. The molecule has 1 aliphatic rings. The van der Waals surface area contributed by atoms with Gasteiger partial charge in [0.1, 0.15) is 5.82 Å². The second kappa shape index (κ2) is 7.52. The maximum Gasteiger partial charge on any atom is 0.255 e. The third-order valence-electron chi connectivity index (χ3n) is 3.68. The molecule has 0 aliphatic carbocycles. The van der Waals surface area contributed by atoms with Crippen molar-refractivity contribution in [1.82, 2.24) is 15.3 Å². The summed E-state index contributed by atoms with van der Waals surface area (Å²) in [7, 11) is 0. The number of nitrogens with one attached hydrogen (secondary N) is 1. The van der Waals surface area contributed by atoms with Gasteiger partial charge in [0.25, 0.3) is 5.91 Å². The predicted octanol–water partition coefficient (Wildman–Crippen LogP) is 1.66. The molecule has 0 spiro atoms. The molecule has 7 heteroatoms. The van der Waals surface area contributed by atoms with E-state index < -0.39 is 0 Å². The van der Waals surface area contributed by atoms with E-state index in [1.807, 2.05) is 18.4 Å². The fourth-order valence-corrected chi connectivity index (χ4v) is 3.17. The molecule has 1 fully saturated rings. The molecule has 0 atom stereocenters. The minimum atomic E-state index is -0.0912. The van der Waals surface area contributed by atoms with Gasteiger partial charge in [0.05, 0.1) is 29.5 Å². The zero-order valence-corrected chi connectivity index (χ0v) is 13.9. The number of nitrogens with zero attached hydrogens (tertiary/aromatic N) is 3. The van der Waals surface area contributed by atoms with Gasteiger partial charge in [-0.2, -0.15) is 0 Å². The first-order chi connectivity index (χ1) is 11.2. The summed E-state index contributed by atoms with van der Waals surface area (Å²) >= 11 is 1.63. The van der Waals surface area contributed by atoms with Crippen molar-refractivity contribution in [2.45, 2.75) is 13.3 Å².